The molecule has 1 amide bonds. The number of hydrogen-bond donors (Lipinski definition) is 3. The highest BCUT2D eigenvalue weighted by Crippen LogP contribution is 2.19. The Balaban J connectivity index is 2.35. The fourth-order valence-corrected chi connectivity index (χ4v) is 1.60. The second kappa shape index (κ2) is 5.35. The summed E-state index contributed by atoms with van der Waals surface area (Å²) >= 11 is 0. The van der Waals surface area contributed by atoms with Crippen molar-refractivity contribution in [2.24, 2.45) is 0 Å². The van der Waals surface area contributed by atoms with Gasteiger partial charge in [-0.15, -0.1) is 0 Å². The van der Waals surface area contributed by atoms with E-state index in [1.807, 2.05) is 0 Å². The Morgan fingerprint density at radius 1 is 1.30 bits per heavy atom. The third-order valence-electron chi connectivity index (χ3n) is 2.51. The smallest absolute Gasteiger partial charge is 0.337 e. The topological polar surface area (TPSA) is 105 Å². The van der Waals surface area contributed by atoms with Gasteiger partial charge in [-0.05, 0) is 30.3 Å². The van der Waals surface area contributed by atoms with Gasteiger partial charge in [0, 0.05) is 6.20 Å². The molecule has 0 aliphatic carbocycles. The number of anilines is 2. The van der Waals surface area contributed by atoms with E-state index in [1.54, 1.807) is 6.07 Å². The van der Waals surface area contributed by atoms with Gasteiger partial charge in [0.05, 0.1) is 16.9 Å². The first-order chi connectivity index (χ1) is 9.49. The lowest BCUT2D eigenvalue weighted by Gasteiger charge is -2.09. The first kappa shape index (κ1) is 13.5. The average molecular weight is 275 g/mol. The van der Waals surface area contributed by atoms with E-state index in [2.05, 4.69) is 10.3 Å². The van der Waals surface area contributed by atoms with Gasteiger partial charge >= 0.3 is 5.97 Å². The number of pyridine rings is 1. The van der Waals surface area contributed by atoms with Crippen molar-refractivity contribution in [3.05, 3.63) is 53.6 Å². The third-order valence-corrected chi connectivity index (χ3v) is 2.51. The van der Waals surface area contributed by atoms with E-state index in [0.717, 1.165) is 18.2 Å². The number of aromatic carboxylic acids is 1. The van der Waals surface area contributed by atoms with Gasteiger partial charge < -0.3 is 16.2 Å². The highest BCUT2D eigenvalue weighted by molar-refractivity contribution is 6.09. The molecule has 20 heavy (non-hydrogen) atoms. The molecule has 0 bridgehead atoms. The molecule has 2 aromatic rings. The number of carboxylic acid groups (broad SMARTS) is 1. The molecule has 1 aromatic heterocycles. The lowest BCUT2D eigenvalue weighted by molar-refractivity contribution is 0.0698. The number of carbonyl (C=O) groups is 2. The Kier molecular flexibility index (Phi) is 3.60. The van der Waals surface area contributed by atoms with E-state index < -0.39 is 17.7 Å². The lowest BCUT2D eigenvalue weighted by Crippen LogP contribution is -2.17. The first-order valence-electron chi connectivity index (χ1n) is 5.53. The van der Waals surface area contributed by atoms with E-state index in [0.29, 0.717) is 0 Å². The largest absolute Gasteiger partial charge is 0.478 e. The van der Waals surface area contributed by atoms with Crippen molar-refractivity contribution in [3.63, 3.8) is 0 Å². The Morgan fingerprint density at radius 3 is 2.70 bits per heavy atom. The average Bonchev–Trinajstić information content (AvgIpc) is 2.38. The summed E-state index contributed by atoms with van der Waals surface area (Å²) in [6.45, 7) is 0. The lowest BCUT2D eigenvalue weighted by atomic mass is 10.1. The predicted octanol–water partition coefficient (Wildman–Crippen LogP) is 1.75. The molecule has 0 radical (unpaired) electrons. The maximum Gasteiger partial charge on any atom is 0.337 e. The number of carbonyl (C=O) groups excluding carboxylic acids is 1. The summed E-state index contributed by atoms with van der Waals surface area (Å²) in [7, 11) is 0. The van der Waals surface area contributed by atoms with Gasteiger partial charge in [0.2, 0.25) is 0 Å². The number of hydrogen-bond acceptors (Lipinski definition) is 4. The number of amides is 1. The molecule has 0 aliphatic rings. The van der Waals surface area contributed by atoms with Gasteiger partial charge in [-0.2, -0.15) is 0 Å². The number of nitrogens with one attached hydrogen (secondary N) is 1. The number of aromatic nitrogens is 1. The maximum absolute atomic E-state index is 13.2. The zero-order valence-corrected chi connectivity index (χ0v) is 10.1. The second-order valence-electron chi connectivity index (χ2n) is 3.89. The molecule has 1 heterocycles. The van der Waals surface area contributed by atoms with Gasteiger partial charge in [-0.3, -0.25) is 4.79 Å². The molecule has 0 unspecified atom stereocenters. The number of carboxylic acids is 1. The van der Waals surface area contributed by atoms with Crippen LogP contribution < -0.4 is 11.1 Å². The van der Waals surface area contributed by atoms with Crippen LogP contribution in [0.5, 0.6) is 0 Å². The minimum absolute atomic E-state index is 0.0619. The fraction of sp³-hybridized carbons (Fsp3) is 0. The second-order valence-corrected chi connectivity index (χ2v) is 3.89. The van der Waals surface area contributed by atoms with E-state index >= 15 is 0 Å². The molecule has 0 saturated heterocycles. The number of rotatable bonds is 3. The predicted molar refractivity (Wildman–Crippen MR) is 70.0 cm³/mol. The molecule has 4 N–H and O–H groups in total. The molecule has 102 valence electrons. The van der Waals surface area contributed by atoms with Gasteiger partial charge in [0.15, 0.2) is 5.69 Å². The molecule has 1 aromatic carbocycles. The van der Waals surface area contributed by atoms with Crippen LogP contribution in [0.4, 0.5) is 15.8 Å². The minimum atomic E-state index is -1.28. The Labute approximate surface area is 113 Å². The maximum atomic E-state index is 13.2. The van der Waals surface area contributed by atoms with Gasteiger partial charge in [0.25, 0.3) is 5.91 Å². The Morgan fingerprint density at radius 2 is 2.05 bits per heavy atom. The number of nitrogen functional groups attached to an aromatic ring is 1. The van der Waals surface area contributed by atoms with Crippen LogP contribution in [0.2, 0.25) is 0 Å². The van der Waals surface area contributed by atoms with Gasteiger partial charge in [-0.25, -0.2) is 14.2 Å². The van der Waals surface area contributed by atoms with E-state index in [4.69, 9.17) is 10.8 Å². The summed E-state index contributed by atoms with van der Waals surface area (Å²) in [5.74, 6) is -2.66. The third kappa shape index (κ3) is 2.72. The van der Waals surface area contributed by atoms with Crippen molar-refractivity contribution in [2.45, 2.75) is 0 Å². The summed E-state index contributed by atoms with van der Waals surface area (Å²) in [6, 6.07) is 6.01. The van der Waals surface area contributed by atoms with E-state index in [1.165, 1.54) is 12.3 Å². The van der Waals surface area contributed by atoms with E-state index in [-0.39, 0.29) is 22.6 Å². The first-order valence-corrected chi connectivity index (χ1v) is 5.53. The minimum Gasteiger partial charge on any atom is -0.478 e. The van der Waals surface area contributed by atoms with Crippen LogP contribution in [0, 0.1) is 5.82 Å². The van der Waals surface area contributed by atoms with Crippen LogP contribution in [0.1, 0.15) is 20.8 Å². The number of benzene rings is 1. The SMILES string of the molecule is Nc1cccnc1C(=O)Nc1cc(F)ccc1C(=O)O. The van der Waals surface area contributed by atoms with Crippen LogP contribution in [0.15, 0.2) is 36.5 Å². The zero-order chi connectivity index (χ0) is 14.7. The van der Waals surface area contributed by atoms with Crippen LogP contribution in [0.25, 0.3) is 0 Å². The van der Waals surface area contributed by atoms with Crippen molar-refractivity contribution in [1.29, 1.82) is 0 Å². The van der Waals surface area contributed by atoms with Crippen LogP contribution >= 0.6 is 0 Å². The van der Waals surface area contributed by atoms with Crippen LogP contribution in [-0.2, 0) is 0 Å². The summed E-state index contributed by atoms with van der Waals surface area (Å²) in [5.41, 5.74) is 5.28. The molecular weight excluding hydrogens is 265 g/mol. The van der Waals surface area contributed by atoms with Crippen LogP contribution in [0.3, 0.4) is 0 Å². The van der Waals surface area contributed by atoms with E-state index in [9.17, 15) is 14.0 Å². The summed E-state index contributed by atoms with van der Waals surface area (Å²) < 4.78 is 13.2. The van der Waals surface area contributed by atoms with Crippen LogP contribution in [-0.4, -0.2) is 22.0 Å². The Bertz CT molecular complexity index is 688. The van der Waals surface area contributed by atoms with Gasteiger partial charge in [0.1, 0.15) is 5.82 Å². The molecule has 0 aliphatic heterocycles. The zero-order valence-electron chi connectivity index (χ0n) is 10.1. The quantitative estimate of drug-likeness (QED) is 0.791. The molecule has 2 rings (SSSR count). The number of halogens is 1. The number of nitrogens with zero attached hydrogens (tertiary/aromatic N) is 1. The Hall–Kier alpha value is -2.96. The standard InChI is InChI=1S/C13H10FN3O3/c14-7-3-4-8(13(19)20)10(6-7)17-12(18)11-9(15)2-1-5-16-11/h1-6H,15H2,(H,17,18)(H,19,20). The highest BCUT2D eigenvalue weighted by Gasteiger charge is 2.16. The molecule has 0 atom stereocenters. The highest BCUT2D eigenvalue weighted by atomic mass is 19.1. The molecule has 7 heteroatoms. The van der Waals surface area contributed by atoms with Crippen molar-refractivity contribution >= 4 is 23.3 Å². The number of nitrogens with two attached hydrogens (primary N) is 1. The summed E-state index contributed by atoms with van der Waals surface area (Å²) in [6.07, 6.45) is 1.37. The normalized spacial score (nSPS) is 10.1. The molecule has 0 spiro atoms. The molecule has 0 fully saturated rings. The van der Waals surface area contributed by atoms with Crippen molar-refractivity contribution in [2.75, 3.05) is 11.1 Å². The summed E-state index contributed by atoms with van der Waals surface area (Å²) in [5, 5.41) is 11.3. The monoisotopic (exact) mass is 275 g/mol. The summed E-state index contributed by atoms with van der Waals surface area (Å²) in [4.78, 5) is 26.7. The van der Waals surface area contributed by atoms with Crippen molar-refractivity contribution in [1.82, 2.24) is 4.98 Å². The van der Waals surface area contributed by atoms with Crippen molar-refractivity contribution < 1.29 is 19.1 Å². The molecule has 0 saturated carbocycles. The molecular formula is C13H10FN3O3. The molecule has 6 nitrogen and oxygen atoms in total. The fourth-order valence-electron chi connectivity index (χ4n) is 1.60. The van der Waals surface area contributed by atoms with Gasteiger partial charge in [-0.1, -0.05) is 0 Å². The van der Waals surface area contributed by atoms with Crippen molar-refractivity contribution in [3.8, 4) is 0 Å².